The molecule has 2 rings (SSSR count). The van der Waals surface area contributed by atoms with Crippen LogP contribution < -0.4 is 0 Å². The number of aliphatic hydroxyl groups excluding tert-OH is 1. The molecule has 1 aliphatic carbocycles. The summed E-state index contributed by atoms with van der Waals surface area (Å²) in [4.78, 5) is 25.3. The number of rotatable bonds is 10. The molecule has 160 valence electrons. The molecule has 0 radical (unpaired) electrons. The second-order valence-electron chi connectivity index (χ2n) is 7.69. The van der Waals surface area contributed by atoms with Crippen molar-refractivity contribution in [3.8, 4) is 11.8 Å². The van der Waals surface area contributed by atoms with E-state index in [0.29, 0.717) is 32.1 Å². The topological polar surface area (TPSA) is 74.6 Å². The maximum absolute atomic E-state index is 12.4. The second kappa shape index (κ2) is 12.4. The van der Waals surface area contributed by atoms with E-state index in [-0.39, 0.29) is 30.0 Å². The van der Waals surface area contributed by atoms with Crippen LogP contribution in [0.3, 0.4) is 0 Å². The number of unbranched alkanes of at least 4 members (excludes halogenated alkanes) is 1. The quantitative estimate of drug-likeness (QED) is 0.226. The molecule has 1 aromatic rings. The average molecular weight is 491 g/mol. The van der Waals surface area contributed by atoms with Crippen molar-refractivity contribution in [2.75, 3.05) is 0 Å². The van der Waals surface area contributed by atoms with Crippen molar-refractivity contribution in [3.05, 3.63) is 32.4 Å². The van der Waals surface area contributed by atoms with Gasteiger partial charge in [0.1, 0.15) is 0 Å². The van der Waals surface area contributed by atoms with E-state index in [1.807, 2.05) is 12.0 Å². The first-order valence-electron chi connectivity index (χ1n) is 10.3. The Kier molecular flexibility index (Phi) is 10.2. The van der Waals surface area contributed by atoms with Crippen LogP contribution in [0.5, 0.6) is 0 Å². The molecule has 1 aromatic heterocycles. The van der Waals surface area contributed by atoms with Crippen molar-refractivity contribution in [2.45, 2.75) is 58.0 Å². The van der Waals surface area contributed by atoms with Crippen LogP contribution in [0.2, 0.25) is 0 Å². The number of carboxylic acids is 1. The normalized spacial score (nSPS) is 23.3. The number of hydrogen-bond acceptors (Lipinski definition) is 4. The van der Waals surface area contributed by atoms with E-state index < -0.39 is 12.1 Å². The first kappa shape index (κ1) is 24.8. The zero-order valence-corrected chi connectivity index (χ0v) is 19.7. The molecule has 0 spiro atoms. The third-order valence-corrected chi connectivity index (χ3v) is 7.68. The van der Waals surface area contributed by atoms with Gasteiger partial charge in [-0.3, -0.25) is 0 Å². The Morgan fingerprint density at radius 1 is 1.37 bits per heavy atom. The van der Waals surface area contributed by atoms with E-state index in [2.05, 4.69) is 48.2 Å². The zero-order chi connectivity index (χ0) is 22.1. The molecule has 4 nitrogen and oxygen atoms in total. The predicted molar refractivity (Wildman–Crippen MR) is 127 cm³/mol. The Morgan fingerprint density at radius 3 is 2.77 bits per heavy atom. The van der Waals surface area contributed by atoms with E-state index in [1.165, 1.54) is 9.75 Å². The summed E-state index contributed by atoms with van der Waals surface area (Å²) in [5, 5.41) is 19.1. The molecule has 0 aliphatic heterocycles. The van der Waals surface area contributed by atoms with Crippen LogP contribution in [0.15, 0.2) is 22.7 Å². The van der Waals surface area contributed by atoms with Crippen LogP contribution in [-0.4, -0.2) is 41.5 Å². The molecule has 1 heterocycles. The number of hydrogen-bond donors (Lipinski definition) is 2. The minimum atomic E-state index is -0.812. The zero-order valence-electron chi connectivity index (χ0n) is 17.3. The molecule has 1 unspecified atom stereocenters. The molecule has 0 bridgehead atoms. The molecular weight excluding hydrogens is 463 g/mol. The van der Waals surface area contributed by atoms with Crippen molar-refractivity contribution < 1.29 is 19.8 Å². The van der Waals surface area contributed by atoms with Gasteiger partial charge in [-0.2, -0.15) is 0 Å². The Morgan fingerprint density at radius 2 is 2.13 bits per heavy atom. The molecule has 1 saturated carbocycles. The Balaban J connectivity index is 1.91. The number of carboxylic acid groups (broad SMARTS) is 1. The summed E-state index contributed by atoms with van der Waals surface area (Å²) in [7, 11) is 3.89. The van der Waals surface area contributed by atoms with Crippen molar-refractivity contribution in [1.82, 2.24) is 0 Å². The summed E-state index contributed by atoms with van der Waals surface area (Å²) in [5.41, 5.74) is 0. The molecule has 0 saturated heterocycles. The van der Waals surface area contributed by atoms with E-state index >= 15 is 0 Å². The van der Waals surface area contributed by atoms with Gasteiger partial charge in [-0.15, -0.1) is 0 Å². The maximum atomic E-state index is 12.4. The van der Waals surface area contributed by atoms with Crippen LogP contribution in [0.1, 0.15) is 48.3 Å². The molecule has 0 amide bonds. The van der Waals surface area contributed by atoms with Crippen molar-refractivity contribution in [2.24, 2.45) is 17.8 Å². The van der Waals surface area contributed by atoms with Crippen LogP contribution in [0.4, 0.5) is 0 Å². The summed E-state index contributed by atoms with van der Waals surface area (Å²) < 4.78 is 1.09. The number of aliphatic carboxylic acids is 1. The first-order chi connectivity index (χ1) is 14.3. The summed E-state index contributed by atoms with van der Waals surface area (Å²) in [5.74, 6) is 7.34. The summed E-state index contributed by atoms with van der Waals surface area (Å²) >= 11 is 5.21. The average Bonchev–Trinajstić information content (AvgIpc) is 3.19. The van der Waals surface area contributed by atoms with Gasteiger partial charge >= 0.3 is 192 Å². The van der Waals surface area contributed by atoms with Crippen molar-refractivity contribution >= 4 is 52.5 Å². The fourth-order valence-electron chi connectivity index (χ4n) is 3.79. The molecule has 30 heavy (non-hydrogen) atoms. The Hall–Kier alpha value is -1.49. The number of carbonyl (C=O) groups is 2. The molecule has 1 fully saturated rings. The molecule has 4 atom stereocenters. The molecule has 0 aromatic carbocycles. The number of carbonyl (C=O) groups excluding carboxylic acids is 1. The molecular formula is C23H28BBrO4S. The SMILES string of the molecule is B=C[C@@H]1CC(O)[C@H](CC#CCCCC(=O)O)[C@H]1/C=C/C(=O)CCc1cc(Br)c(C)s1. The van der Waals surface area contributed by atoms with Gasteiger partial charge in [0.2, 0.25) is 0 Å². The Labute approximate surface area is 192 Å². The predicted octanol–water partition coefficient (Wildman–Crippen LogP) is 3.84. The number of thiophene rings is 1. The third-order valence-electron chi connectivity index (χ3n) is 5.48. The monoisotopic (exact) mass is 490 g/mol. The third kappa shape index (κ3) is 7.65. The van der Waals surface area contributed by atoms with Gasteiger partial charge < -0.3 is 0 Å². The standard InChI is InChI=1S/C23H28BBrO4S/c1-15-21(25)13-18(30-15)10-8-17(26)9-11-19-16(14-24)12-22(27)20(19)6-4-2-3-5-7-23(28)29/h9,11,13-14,16,19-20,22,24,27H,3,5-8,10,12H2,1H3,(H,28,29)/b11-9+/t16-,19-,20+,22?/m0/s1. The number of halogens is 1. The van der Waals surface area contributed by atoms with Crippen LogP contribution in [-0.2, 0) is 16.0 Å². The van der Waals surface area contributed by atoms with Gasteiger partial charge in [0.15, 0.2) is 0 Å². The van der Waals surface area contributed by atoms with Gasteiger partial charge in [0.25, 0.3) is 0 Å². The number of aryl methyl sites for hydroxylation is 2. The van der Waals surface area contributed by atoms with E-state index in [9.17, 15) is 14.7 Å². The van der Waals surface area contributed by atoms with Gasteiger partial charge in [-0.25, -0.2) is 0 Å². The Bertz CT molecular complexity index is 832. The van der Waals surface area contributed by atoms with Gasteiger partial charge in [0, 0.05) is 0 Å². The van der Waals surface area contributed by atoms with E-state index in [4.69, 9.17) is 5.11 Å². The van der Waals surface area contributed by atoms with Gasteiger partial charge in [0.05, 0.1) is 0 Å². The van der Waals surface area contributed by atoms with E-state index in [0.717, 1.165) is 10.9 Å². The fourth-order valence-corrected chi connectivity index (χ4v) is 5.39. The van der Waals surface area contributed by atoms with Gasteiger partial charge in [-0.1, -0.05) is 0 Å². The fraction of sp³-hybridized carbons (Fsp3) is 0.522. The number of aliphatic hydroxyl groups is 1. The van der Waals surface area contributed by atoms with Crippen LogP contribution in [0, 0.1) is 36.5 Å². The summed E-state index contributed by atoms with van der Waals surface area (Å²) in [6, 6.07) is 2.07. The minimum absolute atomic E-state index is 0.0351. The number of allylic oxidation sites excluding steroid dienone is 2. The molecule has 1 aliphatic rings. The van der Waals surface area contributed by atoms with Crippen molar-refractivity contribution in [3.63, 3.8) is 0 Å². The molecule has 2 N–H and O–H groups in total. The second-order valence-corrected chi connectivity index (χ2v) is 9.89. The van der Waals surface area contributed by atoms with Gasteiger partial charge in [-0.05, 0) is 0 Å². The van der Waals surface area contributed by atoms with Crippen LogP contribution >= 0.6 is 27.3 Å². The summed E-state index contributed by atoms with van der Waals surface area (Å²) in [6.07, 6.45) is 6.64. The van der Waals surface area contributed by atoms with E-state index in [1.54, 1.807) is 17.4 Å². The summed E-state index contributed by atoms with van der Waals surface area (Å²) in [6.45, 7) is 2.05. The van der Waals surface area contributed by atoms with Crippen molar-refractivity contribution in [1.29, 1.82) is 0 Å². The molecule has 7 heteroatoms. The van der Waals surface area contributed by atoms with Crippen LogP contribution in [0.25, 0.3) is 0 Å². The first-order valence-corrected chi connectivity index (χ1v) is 11.9. The number of ketones is 1.